The number of aromatic nitrogens is 1. The van der Waals surface area contributed by atoms with E-state index in [1.165, 1.54) is 19.3 Å². The third kappa shape index (κ3) is 4.85. The lowest BCUT2D eigenvalue weighted by Crippen LogP contribution is -2.38. The molecular formula is C24H26ClN3O2. The molecule has 0 saturated heterocycles. The van der Waals surface area contributed by atoms with Crippen molar-refractivity contribution in [3.05, 3.63) is 53.6 Å². The second kappa shape index (κ2) is 9.35. The first-order chi connectivity index (χ1) is 14.6. The Labute approximate surface area is 181 Å². The Kier molecular flexibility index (Phi) is 6.38. The first-order valence-corrected chi connectivity index (χ1v) is 10.9. The Morgan fingerprint density at radius 3 is 2.60 bits per heavy atom. The number of urea groups is 1. The molecule has 2 N–H and O–H groups in total. The van der Waals surface area contributed by atoms with Crippen LogP contribution in [0.4, 0.5) is 10.5 Å². The van der Waals surface area contributed by atoms with Crippen molar-refractivity contribution in [2.45, 2.75) is 45.1 Å². The maximum absolute atomic E-state index is 12.4. The summed E-state index contributed by atoms with van der Waals surface area (Å²) in [4.78, 5) is 17.2. The van der Waals surface area contributed by atoms with Crippen molar-refractivity contribution in [3.63, 3.8) is 0 Å². The molecular weight excluding hydrogens is 398 g/mol. The number of nitrogens with zero attached hydrogens (tertiary/aromatic N) is 1. The van der Waals surface area contributed by atoms with Crippen LogP contribution in [0, 0.1) is 0 Å². The number of halogens is 1. The van der Waals surface area contributed by atoms with Crippen molar-refractivity contribution < 1.29 is 9.53 Å². The Bertz CT molecular complexity index is 1030. The summed E-state index contributed by atoms with van der Waals surface area (Å²) in [5.74, 6) is 0.740. The van der Waals surface area contributed by atoms with Crippen LogP contribution in [0.25, 0.3) is 22.2 Å². The summed E-state index contributed by atoms with van der Waals surface area (Å²) in [6.07, 6.45) is 5.73. The highest BCUT2D eigenvalue weighted by Crippen LogP contribution is 2.32. The number of rotatable bonds is 5. The summed E-state index contributed by atoms with van der Waals surface area (Å²) in [5.41, 5.74) is 3.32. The van der Waals surface area contributed by atoms with E-state index in [4.69, 9.17) is 21.3 Å². The number of hydrogen-bond acceptors (Lipinski definition) is 3. The van der Waals surface area contributed by atoms with E-state index in [0.29, 0.717) is 11.6 Å². The van der Waals surface area contributed by atoms with Crippen LogP contribution >= 0.6 is 11.6 Å². The van der Waals surface area contributed by atoms with Gasteiger partial charge in [-0.2, -0.15) is 0 Å². The second-order valence-electron chi connectivity index (χ2n) is 7.61. The lowest BCUT2D eigenvalue weighted by atomic mass is 9.96. The number of fused-ring (bicyclic) bond motifs is 1. The number of anilines is 1. The third-order valence-corrected chi connectivity index (χ3v) is 5.66. The Hall–Kier alpha value is -2.79. The quantitative estimate of drug-likeness (QED) is 0.498. The van der Waals surface area contributed by atoms with Gasteiger partial charge >= 0.3 is 6.03 Å². The van der Waals surface area contributed by atoms with E-state index in [-0.39, 0.29) is 12.1 Å². The summed E-state index contributed by atoms with van der Waals surface area (Å²) >= 11 is 6.01. The van der Waals surface area contributed by atoms with Crippen LogP contribution in [0.15, 0.2) is 48.5 Å². The van der Waals surface area contributed by atoms with Crippen LogP contribution in [-0.2, 0) is 0 Å². The molecule has 5 nitrogen and oxygen atoms in total. The predicted octanol–water partition coefficient (Wildman–Crippen LogP) is 6.41. The van der Waals surface area contributed by atoms with E-state index >= 15 is 0 Å². The van der Waals surface area contributed by atoms with Crippen molar-refractivity contribution in [3.8, 4) is 17.0 Å². The molecule has 1 aliphatic rings. The van der Waals surface area contributed by atoms with Gasteiger partial charge in [0.25, 0.3) is 0 Å². The fourth-order valence-electron chi connectivity index (χ4n) is 3.92. The molecule has 1 aliphatic carbocycles. The molecule has 2 amide bonds. The van der Waals surface area contributed by atoms with Gasteiger partial charge in [-0.05, 0) is 50.1 Å². The Morgan fingerprint density at radius 1 is 1.10 bits per heavy atom. The monoisotopic (exact) mass is 423 g/mol. The van der Waals surface area contributed by atoms with Crippen molar-refractivity contribution in [2.75, 3.05) is 11.9 Å². The van der Waals surface area contributed by atoms with Crippen molar-refractivity contribution in [1.82, 2.24) is 10.3 Å². The summed E-state index contributed by atoms with van der Waals surface area (Å²) in [6.45, 7) is 2.49. The molecule has 156 valence electrons. The van der Waals surface area contributed by atoms with Crippen molar-refractivity contribution in [2.24, 2.45) is 0 Å². The second-order valence-corrected chi connectivity index (χ2v) is 8.05. The largest absolute Gasteiger partial charge is 0.493 e. The predicted molar refractivity (Wildman–Crippen MR) is 122 cm³/mol. The minimum Gasteiger partial charge on any atom is -0.493 e. The molecule has 0 aliphatic heterocycles. The molecule has 0 bridgehead atoms. The number of amides is 2. The number of nitrogens with one attached hydrogen (secondary N) is 2. The van der Waals surface area contributed by atoms with Gasteiger partial charge in [-0.1, -0.05) is 43.0 Å². The smallest absolute Gasteiger partial charge is 0.319 e. The summed E-state index contributed by atoms with van der Waals surface area (Å²) < 4.78 is 5.89. The average Bonchev–Trinajstić information content (AvgIpc) is 2.75. The summed E-state index contributed by atoms with van der Waals surface area (Å²) in [6, 6.07) is 15.3. The van der Waals surface area contributed by atoms with Gasteiger partial charge in [-0.15, -0.1) is 0 Å². The number of benzene rings is 2. The Morgan fingerprint density at radius 2 is 1.87 bits per heavy atom. The molecule has 0 unspecified atom stereocenters. The van der Waals surface area contributed by atoms with Gasteiger partial charge in [0.2, 0.25) is 0 Å². The van der Waals surface area contributed by atoms with Gasteiger partial charge in [0.1, 0.15) is 5.75 Å². The van der Waals surface area contributed by atoms with E-state index in [9.17, 15) is 4.79 Å². The minimum absolute atomic E-state index is 0.162. The molecule has 0 atom stereocenters. The minimum atomic E-state index is -0.162. The topological polar surface area (TPSA) is 63.2 Å². The molecule has 30 heavy (non-hydrogen) atoms. The van der Waals surface area contributed by atoms with E-state index < -0.39 is 0 Å². The highest BCUT2D eigenvalue weighted by atomic mass is 35.5. The van der Waals surface area contributed by atoms with Crippen molar-refractivity contribution in [1.29, 1.82) is 0 Å². The number of carbonyl (C=O) groups excluding carboxylic acids is 1. The van der Waals surface area contributed by atoms with Gasteiger partial charge in [0.05, 0.1) is 17.8 Å². The zero-order chi connectivity index (χ0) is 20.9. The SMILES string of the molecule is CCOc1cc(-c2ccc(Cl)cc2)nc2ccc(NC(=O)NC3CCCCC3)cc12. The van der Waals surface area contributed by atoms with E-state index in [0.717, 1.165) is 46.4 Å². The molecule has 0 radical (unpaired) electrons. The lowest BCUT2D eigenvalue weighted by Gasteiger charge is -2.23. The van der Waals surface area contributed by atoms with Crippen molar-refractivity contribution >= 4 is 34.2 Å². The average molecular weight is 424 g/mol. The van der Waals surface area contributed by atoms with E-state index in [2.05, 4.69) is 10.6 Å². The summed E-state index contributed by atoms with van der Waals surface area (Å²) in [5, 5.41) is 7.59. The number of ether oxygens (including phenoxy) is 1. The van der Waals surface area contributed by atoms with Gasteiger partial charge < -0.3 is 15.4 Å². The molecule has 2 aromatic carbocycles. The highest BCUT2D eigenvalue weighted by molar-refractivity contribution is 6.30. The fraction of sp³-hybridized carbons (Fsp3) is 0.333. The molecule has 1 aromatic heterocycles. The number of pyridine rings is 1. The number of hydrogen-bond donors (Lipinski definition) is 2. The highest BCUT2D eigenvalue weighted by Gasteiger charge is 2.16. The fourth-order valence-corrected chi connectivity index (χ4v) is 4.04. The lowest BCUT2D eigenvalue weighted by molar-refractivity contribution is 0.244. The molecule has 1 fully saturated rings. The zero-order valence-corrected chi connectivity index (χ0v) is 17.8. The normalized spacial score (nSPS) is 14.5. The zero-order valence-electron chi connectivity index (χ0n) is 17.1. The first-order valence-electron chi connectivity index (χ1n) is 10.5. The van der Waals surface area contributed by atoms with Crippen LogP contribution in [0.3, 0.4) is 0 Å². The van der Waals surface area contributed by atoms with E-state index in [1.807, 2.05) is 55.5 Å². The standard InChI is InChI=1S/C24H26ClN3O2/c1-2-30-23-15-22(16-8-10-17(25)11-9-16)28-21-13-12-19(14-20(21)23)27-24(29)26-18-6-4-3-5-7-18/h8-15,18H,2-7H2,1H3,(H2,26,27,29). The molecule has 6 heteroatoms. The van der Waals surface area contributed by atoms with Crippen LogP contribution < -0.4 is 15.4 Å². The first kappa shape index (κ1) is 20.5. The molecule has 3 aromatic rings. The van der Waals surface area contributed by atoms with Crippen LogP contribution in [-0.4, -0.2) is 23.7 Å². The molecule has 1 heterocycles. The van der Waals surface area contributed by atoms with E-state index in [1.54, 1.807) is 0 Å². The third-order valence-electron chi connectivity index (χ3n) is 5.41. The van der Waals surface area contributed by atoms with Crippen LogP contribution in [0.2, 0.25) is 5.02 Å². The van der Waals surface area contributed by atoms with Crippen LogP contribution in [0.5, 0.6) is 5.75 Å². The maximum atomic E-state index is 12.4. The molecule has 1 saturated carbocycles. The molecule has 4 rings (SSSR count). The van der Waals surface area contributed by atoms with Crippen LogP contribution in [0.1, 0.15) is 39.0 Å². The maximum Gasteiger partial charge on any atom is 0.319 e. The van der Waals surface area contributed by atoms with Gasteiger partial charge in [0.15, 0.2) is 0 Å². The van der Waals surface area contributed by atoms with Gasteiger partial charge in [-0.25, -0.2) is 9.78 Å². The van der Waals surface area contributed by atoms with Gasteiger partial charge in [0, 0.05) is 33.8 Å². The summed E-state index contributed by atoms with van der Waals surface area (Å²) in [7, 11) is 0. The number of carbonyl (C=O) groups is 1. The van der Waals surface area contributed by atoms with Gasteiger partial charge in [-0.3, -0.25) is 0 Å². The molecule has 0 spiro atoms. The Balaban J connectivity index is 1.59.